The zero-order chi connectivity index (χ0) is 10.8. The Morgan fingerprint density at radius 1 is 1.64 bits per heavy atom. The summed E-state index contributed by atoms with van der Waals surface area (Å²) in [6.07, 6.45) is 1.76. The van der Waals surface area contributed by atoms with Crippen LogP contribution in [0.15, 0.2) is 0 Å². The summed E-state index contributed by atoms with van der Waals surface area (Å²) in [4.78, 5) is 10.6. The molecule has 0 aromatic heterocycles. The Balaban J connectivity index is 2.42. The van der Waals surface area contributed by atoms with E-state index in [1.165, 1.54) is 0 Å². The van der Waals surface area contributed by atoms with Crippen molar-refractivity contribution in [3.8, 4) is 0 Å². The van der Waals surface area contributed by atoms with E-state index in [0.29, 0.717) is 6.61 Å². The summed E-state index contributed by atoms with van der Waals surface area (Å²) in [5.74, 6) is -0.797. The lowest BCUT2D eigenvalue weighted by atomic mass is 9.93. The topological polar surface area (TPSA) is 58.6 Å². The molecule has 0 aliphatic carbocycles. The summed E-state index contributed by atoms with van der Waals surface area (Å²) in [6.45, 7) is 6.44. The Hall–Kier alpha value is -0.610. The quantitative estimate of drug-likeness (QED) is 0.715. The summed E-state index contributed by atoms with van der Waals surface area (Å²) in [6, 6.07) is -0.223. The van der Waals surface area contributed by atoms with Crippen LogP contribution >= 0.6 is 0 Å². The van der Waals surface area contributed by atoms with Gasteiger partial charge < -0.3 is 15.2 Å². The summed E-state index contributed by atoms with van der Waals surface area (Å²) >= 11 is 0. The zero-order valence-electron chi connectivity index (χ0n) is 9.04. The molecule has 0 amide bonds. The predicted octanol–water partition coefficient (Wildman–Crippen LogP) is 1.01. The lowest BCUT2D eigenvalue weighted by molar-refractivity contribution is -0.139. The first kappa shape index (κ1) is 11.5. The van der Waals surface area contributed by atoms with Gasteiger partial charge in [0.15, 0.2) is 0 Å². The maximum Gasteiger partial charge on any atom is 0.320 e. The lowest BCUT2D eigenvalue weighted by Gasteiger charge is -2.36. The fraction of sp³-hybridized carbons (Fsp3) is 0.900. The van der Waals surface area contributed by atoms with Gasteiger partial charge in [0.1, 0.15) is 6.04 Å². The highest BCUT2D eigenvalue weighted by Crippen LogP contribution is 2.24. The molecule has 1 fully saturated rings. The molecule has 1 rings (SSSR count). The van der Waals surface area contributed by atoms with Crippen LogP contribution in [0, 0.1) is 0 Å². The fourth-order valence-corrected chi connectivity index (χ4v) is 1.80. The average Bonchev–Trinajstić information content (AvgIpc) is 2.01. The molecule has 4 nitrogen and oxygen atoms in total. The van der Waals surface area contributed by atoms with Crippen LogP contribution in [0.3, 0.4) is 0 Å². The van der Waals surface area contributed by atoms with Crippen molar-refractivity contribution in [3.05, 3.63) is 0 Å². The van der Waals surface area contributed by atoms with Gasteiger partial charge in [0.05, 0.1) is 5.60 Å². The third kappa shape index (κ3) is 3.27. The van der Waals surface area contributed by atoms with Gasteiger partial charge in [-0.2, -0.15) is 0 Å². The van der Waals surface area contributed by atoms with Gasteiger partial charge in [-0.05, 0) is 33.6 Å². The van der Waals surface area contributed by atoms with Crippen LogP contribution in [0.2, 0.25) is 0 Å². The third-order valence-corrected chi connectivity index (χ3v) is 2.55. The molecule has 82 valence electrons. The van der Waals surface area contributed by atoms with Crippen molar-refractivity contribution in [2.24, 2.45) is 0 Å². The predicted molar refractivity (Wildman–Crippen MR) is 53.3 cm³/mol. The second-order valence-corrected chi connectivity index (χ2v) is 4.52. The Bertz CT molecular complexity index is 215. The Kier molecular flexibility index (Phi) is 3.50. The molecule has 14 heavy (non-hydrogen) atoms. The number of rotatable bonds is 3. The lowest BCUT2D eigenvalue weighted by Crippen LogP contribution is -2.48. The molecule has 4 heteroatoms. The van der Waals surface area contributed by atoms with Crippen molar-refractivity contribution in [1.29, 1.82) is 0 Å². The van der Waals surface area contributed by atoms with Crippen molar-refractivity contribution in [1.82, 2.24) is 5.32 Å². The number of hydrogen-bond donors (Lipinski definition) is 2. The van der Waals surface area contributed by atoms with Gasteiger partial charge >= 0.3 is 5.97 Å². The summed E-state index contributed by atoms with van der Waals surface area (Å²) in [7, 11) is 0. The third-order valence-electron chi connectivity index (χ3n) is 2.55. The highest BCUT2D eigenvalue weighted by Gasteiger charge is 2.30. The van der Waals surface area contributed by atoms with E-state index in [1.807, 2.05) is 13.8 Å². The second kappa shape index (κ2) is 4.28. The number of nitrogens with one attached hydrogen (secondary N) is 1. The minimum atomic E-state index is -0.797. The van der Waals surface area contributed by atoms with Crippen LogP contribution in [-0.2, 0) is 9.53 Å². The van der Waals surface area contributed by atoms with Crippen LogP contribution in [-0.4, -0.2) is 35.4 Å². The standard InChI is InChI=1S/C10H19NO3/c1-7(9(12)13)11-8-4-5-14-10(2,3)6-8/h7-8,11H,4-6H2,1-3H3,(H,12,13)/t7-,8?/m0/s1. The normalized spacial score (nSPS) is 28.4. The molecule has 1 aliphatic rings. The monoisotopic (exact) mass is 201 g/mol. The number of carboxylic acids is 1. The van der Waals surface area contributed by atoms with Crippen molar-refractivity contribution < 1.29 is 14.6 Å². The highest BCUT2D eigenvalue weighted by molar-refractivity contribution is 5.72. The molecule has 0 saturated carbocycles. The Labute approximate surface area is 84.6 Å². The van der Waals surface area contributed by atoms with Crippen LogP contribution in [0.25, 0.3) is 0 Å². The van der Waals surface area contributed by atoms with Gasteiger partial charge in [-0.15, -0.1) is 0 Å². The van der Waals surface area contributed by atoms with Crippen LogP contribution in [0.5, 0.6) is 0 Å². The van der Waals surface area contributed by atoms with E-state index in [2.05, 4.69) is 5.32 Å². The van der Waals surface area contributed by atoms with Crippen molar-refractivity contribution >= 4 is 5.97 Å². The maximum atomic E-state index is 10.6. The molecule has 0 bridgehead atoms. The van der Waals surface area contributed by atoms with E-state index in [0.717, 1.165) is 12.8 Å². The number of ether oxygens (including phenoxy) is 1. The minimum Gasteiger partial charge on any atom is -0.480 e. The molecule has 2 N–H and O–H groups in total. The number of aliphatic carboxylic acids is 1. The molecule has 1 aliphatic heterocycles. The van der Waals surface area contributed by atoms with E-state index in [9.17, 15) is 4.79 Å². The summed E-state index contributed by atoms with van der Waals surface area (Å²) < 4.78 is 5.55. The molecule has 0 aromatic rings. The first-order valence-corrected chi connectivity index (χ1v) is 5.03. The minimum absolute atomic E-state index is 0.131. The molecule has 0 aromatic carbocycles. The molecule has 1 saturated heterocycles. The molecular formula is C10H19NO3. The molecule has 1 unspecified atom stereocenters. The summed E-state index contributed by atoms with van der Waals surface area (Å²) in [5, 5.41) is 11.8. The van der Waals surface area contributed by atoms with Gasteiger partial charge in [-0.1, -0.05) is 0 Å². The van der Waals surface area contributed by atoms with Crippen LogP contribution < -0.4 is 5.32 Å². The zero-order valence-corrected chi connectivity index (χ0v) is 9.04. The van der Waals surface area contributed by atoms with Gasteiger partial charge in [0.25, 0.3) is 0 Å². The van der Waals surface area contributed by atoms with E-state index in [-0.39, 0.29) is 11.6 Å². The molecule has 0 spiro atoms. The molecule has 1 heterocycles. The van der Waals surface area contributed by atoms with Gasteiger partial charge in [0, 0.05) is 12.6 Å². The van der Waals surface area contributed by atoms with Crippen molar-refractivity contribution in [2.45, 2.75) is 51.3 Å². The van der Waals surface area contributed by atoms with Crippen molar-refractivity contribution in [3.63, 3.8) is 0 Å². The number of carbonyl (C=O) groups is 1. The van der Waals surface area contributed by atoms with Gasteiger partial charge in [-0.3, -0.25) is 4.79 Å². The Morgan fingerprint density at radius 2 is 2.29 bits per heavy atom. The smallest absolute Gasteiger partial charge is 0.320 e. The van der Waals surface area contributed by atoms with Gasteiger partial charge in [-0.25, -0.2) is 0 Å². The van der Waals surface area contributed by atoms with Crippen LogP contribution in [0.4, 0.5) is 0 Å². The fourth-order valence-electron chi connectivity index (χ4n) is 1.80. The summed E-state index contributed by atoms with van der Waals surface area (Å²) in [5.41, 5.74) is -0.131. The first-order valence-electron chi connectivity index (χ1n) is 5.03. The molecular weight excluding hydrogens is 182 g/mol. The highest BCUT2D eigenvalue weighted by atomic mass is 16.5. The van der Waals surface area contributed by atoms with E-state index >= 15 is 0 Å². The second-order valence-electron chi connectivity index (χ2n) is 4.52. The number of hydrogen-bond acceptors (Lipinski definition) is 3. The van der Waals surface area contributed by atoms with Gasteiger partial charge in [0.2, 0.25) is 0 Å². The molecule has 0 radical (unpaired) electrons. The maximum absolute atomic E-state index is 10.6. The van der Waals surface area contributed by atoms with Crippen LogP contribution in [0.1, 0.15) is 33.6 Å². The van der Waals surface area contributed by atoms with E-state index in [4.69, 9.17) is 9.84 Å². The molecule has 2 atom stereocenters. The average molecular weight is 201 g/mol. The number of carboxylic acid groups (broad SMARTS) is 1. The Morgan fingerprint density at radius 3 is 2.79 bits per heavy atom. The van der Waals surface area contributed by atoms with Crippen molar-refractivity contribution in [2.75, 3.05) is 6.61 Å². The largest absolute Gasteiger partial charge is 0.480 e. The van der Waals surface area contributed by atoms with E-state index < -0.39 is 12.0 Å². The first-order chi connectivity index (χ1) is 6.41. The van der Waals surface area contributed by atoms with E-state index in [1.54, 1.807) is 6.92 Å². The SMILES string of the molecule is C[C@H](NC1CCOC(C)(C)C1)C(=O)O.